The number of rotatable bonds is 3. The lowest BCUT2D eigenvalue weighted by Crippen LogP contribution is -2.42. The van der Waals surface area contributed by atoms with Crippen LogP contribution in [0.15, 0.2) is 0 Å². The van der Waals surface area contributed by atoms with Crippen LogP contribution in [0.3, 0.4) is 0 Å². The van der Waals surface area contributed by atoms with Crippen LogP contribution < -0.4 is 5.73 Å². The van der Waals surface area contributed by atoms with Crippen molar-refractivity contribution in [3.05, 3.63) is 0 Å². The highest BCUT2D eigenvalue weighted by molar-refractivity contribution is 8.00. The molecule has 16 heavy (non-hydrogen) atoms. The van der Waals surface area contributed by atoms with Crippen molar-refractivity contribution in [2.24, 2.45) is 17.1 Å². The fourth-order valence-corrected chi connectivity index (χ4v) is 3.80. The molecule has 0 bridgehead atoms. The largest absolute Gasteiger partial charge is 0.395 e. The van der Waals surface area contributed by atoms with E-state index >= 15 is 0 Å². The Morgan fingerprint density at radius 3 is 2.50 bits per heavy atom. The van der Waals surface area contributed by atoms with Gasteiger partial charge in [0.1, 0.15) is 0 Å². The van der Waals surface area contributed by atoms with Crippen LogP contribution in [0.25, 0.3) is 0 Å². The highest BCUT2D eigenvalue weighted by Gasteiger charge is 2.35. The van der Waals surface area contributed by atoms with Crippen LogP contribution in [0.2, 0.25) is 0 Å². The molecule has 1 rings (SSSR count). The van der Waals surface area contributed by atoms with E-state index in [4.69, 9.17) is 10.8 Å². The summed E-state index contributed by atoms with van der Waals surface area (Å²) in [5.74, 6) is 0.774. The molecule has 1 aliphatic rings. The fourth-order valence-electron chi connectivity index (χ4n) is 2.44. The third kappa shape index (κ3) is 3.94. The molecule has 0 aliphatic heterocycles. The molecule has 0 aromatic carbocycles. The monoisotopic (exact) mass is 245 g/mol. The topological polar surface area (TPSA) is 46.2 Å². The van der Waals surface area contributed by atoms with Crippen LogP contribution in [0.5, 0.6) is 0 Å². The molecule has 0 saturated heterocycles. The molecule has 0 aromatic rings. The Bertz CT molecular complexity index is 214. The molecule has 0 amide bonds. The molecule has 0 spiro atoms. The first-order valence-electron chi connectivity index (χ1n) is 6.36. The average Bonchev–Trinajstić information content (AvgIpc) is 2.19. The molecule has 4 atom stereocenters. The van der Waals surface area contributed by atoms with Crippen molar-refractivity contribution in [1.29, 1.82) is 0 Å². The lowest BCUT2D eigenvalue weighted by Gasteiger charge is -2.41. The van der Waals surface area contributed by atoms with Crippen LogP contribution in [0.4, 0.5) is 0 Å². The van der Waals surface area contributed by atoms with E-state index in [0.717, 1.165) is 12.3 Å². The van der Waals surface area contributed by atoms with Crippen LogP contribution >= 0.6 is 11.8 Å². The fraction of sp³-hybridized carbons (Fsp3) is 1.00. The van der Waals surface area contributed by atoms with E-state index in [1.807, 2.05) is 11.8 Å². The molecule has 0 aromatic heterocycles. The van der Waals surface area contributed by atoms with Gasteiger partial charge in [-0.05, 0) is 30.6 Å². The minimum absolute atomic E-state index is 0.258. The maximum atomic E-state index is 9.12. The van der Waals surface area contributed by atoms with E-state index in [1.54, 1.807) is 0 Å². The van der Waals surface area contributed by atoms with Gasteiger partial charge in [-0.15, -0.1) is 0 Å². The van der Waals surface area contributed by atoms with Crippen molar-refractivity contribution in [3.8, 4) is 0 Å². The predicted octanol–water partition coefficient (Wildman–Crippen LogP) is 2.64. The van der Waals surface area contributed by atoms with Gasteiger partial charge in [0, 0.05) is 16.5 Å². The number of aliphatic hydroxyl groups excluding tert-OH is 1. The van der Waals surface area contributed by atoms with Crippen molar-refractivity contribution >= 4 is 11.8 Å². The van der Waals surface area contributed by atoms with Gasteiger partial charge in [-0.25, -0.2) is 0 Å². The third-order valence-corrected chi connectivity index (χ3v) is 5.24. The number of hydrogen-bond acceptors (Lipinski definition) is 3. The predicted molar refractivity (Wildman–Crippen MR) is 72.7 cm³/mol. The Hall–Kier alpha value is 0.270. The van der Waals surface area contributed by atoms with Crippen molar-refractivity contribution in [3.63, 3.8) is 0 Å². The Morgan fingerprint density at radius 2 is 2.00 bits per heavy atom. The molecule has 1 aliphatic carbocycles. The van der Waals surface area contributed by atoms with Gasteiger partial charge in [0.15, 0.2) is 0 Å². The molecular formula is C13H27NOS. The lowest BCUT2D eigenvalue weighted by atomic mass is 9.71. The summed E-state index contributed by atoms with van der Waals surface area (Å²) in [6, 6.07) is 0.317. The zero-order valence-corrected chi connectivity index (χ0v) is 11.9. The highest BCUT2D eigenvalue weighted by atomic mass is 32.2. The van der Waals surface area contributed by atoms with Gasteiger partial charge < -0.3 is 10.8 Å². The standard InChI is InChI=1S/C13H27NOS/c1-9(8-15)16-12-7-10(13(2,3)4)5-6-11(12)14/h9-12,15H,5-8,14H2,1-4H3. The van der Waals surface area contributed by atoms with Gasteiger partial charge in [-0.3, -0.25) is 0 Å². The van der Waals surface area contributed by atoms with Crippen molar-refractivity contribution in [2.45, 2.75) is 63.5 Å². The summed E-state index contributed by atoms with van der Waals surface area (Å²) in [5, 5.41) is 9.96. The number of nitrogens with two attached hydrogens (primary N) is 1. The summed E-state index contributed by atoms with van der Waals surface area (Å²) < 4.78 is 0. The molecule has 4 unspecified atom stereocenters. The maximum absolute atomic E-state index is 9.12. The summed E-state index contributed by atoms with van der Waals surface area (Å²) in [5.41, 5.74) is 6.58. The minimum Gasteiger partial charge on any atom is -0.395 e. The molecule has 1 saturated carbocycles. The Balaban J connectivity index is 2.55. The third-order valence-electron chi connectivity index (χ3n) is 3.73. The minimum atomic E-state index is 0.258. The van der Waals surface area contributed by atoms with Crippen LogP contribution in [-0.4, -0.2) is 28.3 Å². The molecule has 3 N–H and O–H groups in total. The summed E-state index contributed by atoms with van der Waals surface area (Å²) in [7, 11) is 0. The van der Waals surface area contributed by atoms with Crippen LogP contribution in [0.1, 0.15) is 47.0 Å². The number of hydrogen-bond donors (Lipinski definition) is 2. The highest BCUT2D eigenvalue weighted by Crippen LogP contribution is 2.41. The number of aliphatic hydroxyl groups is 1. The van der Waals surface area contributed by atoms with Gasteiger partial charge in [-0.2, -0.15) is 11.8 Å². The molecule has 1 fully saturated rings. The molecule has 96 valence electrons. The maximum Gasteiger partial charge on any atom is 0.0547 e. The van der Waals surface area contributed by atoms with Gasteiger partial charge in [0.25, 0.3) is 0 Å². The quantitative estimate of drug-likeness (QED) is 0.803. The molecular weight excluding hydrogens is 218 g/mol. The second-order valence-electron chi connectivity index (χ2n) is 6.21. The SMILES string of the molecule is CC(CO)SC1CC(C(C)(C)C)CCC1N. The summed E-state index contributed by atoms with van der Waals surface area (Å²) in [6.45, 7) is 9.31. The zero-order chi connectivity index (χ0) is 12.3. The first-order valence-corrected chi connectivity index (χ1v) is 7.30. The Morgan fingerprint density at radius 1 is 1.38 bits per heavy atom. The van der Waals surface area contributed by atoms with Crippen molar-refractivity contribution < 1.29 is 5.11 Å². The Labute approximate surface area is 104 Å². The lowest BCUT2D eigenvalue weighted by molar-refractivity contribution is 0.173. The molecule has 0 radical (unpaired) electrons. The van der Waals surface area contributed by atoms with Gasteiger partial charge in [0.2, 0.25) is 0 Å². The van der Waals surface area contributed by atoms with Gasteiger partial charge in [-0.1, -0.05) is 27.7 Å². The summed E-state index contributed by atoms with van der Waals surface area (Å²) in [6.07, 6.45) is 3.60. The summed E-state index contributed by atoms with van der Waals surface area (Å²) >= 11 is 1.87. The van der Waals surface area contributed by atoms with Crippen molar-refractivity contribution in [2.75, 3.05) is 6.61 Å². The zero-order valence-electron chi connectivity index (χ0n) is 11.1. The number of thioether (sulfide) groups is 1. The normalized spacial score (nSPS) is 33.8. The smallest absolute Gasteiger partial charge is 0.0547 e. The molecule has 0 heterocycles. The van der Waals surface area contributed by atoms with Crippen LogP contribution in [-0.2, 0) is 0 Å². The second kappa shape index (κ2) is 5.74. The van der Waals surface area contributed by atoms with E-state index in [1.165, 1.54) is 12.8 Å². The molecule has 2 nitrogen and oxygen atoms in total. The molecule has 3 heteroatoms. The van der Waals surface area contributed by atoms with E-state index < -0.39 is 0 Å². The first-order chi connectivity index (χ1) is 7.34. The van der Waals surface area contributed by atoms with E-state index in [0.29, 0.717) is 22.0 Å². The van der Waals surface area contributed by atoms with E-state index in [2.05, 4.69) is 27.7 Å². The van der Waals surface area contributed by atoms with Gasteiger partial charge in [0.05, 0.1) is 6.61 Å². The Kier molecular flexibility index (Phi) is 5.14. The van der Waals surface area contributed by atoms with E-state index in [-0.39, 0.29) is 6.61 Å². The van der Waals surface area contributed by atoms with Crippen LogP contribution in [0, 0.1) is 11.3 Å². The average molecular weight is 245 g/mol. The van der Waals surface area contributed by atoms with Gasteiger partial charge >= 0.3 is 0 Å². The first kappa shape index (κ1) is 14.3. The summed E-state index contributed by atoms with van der Waals surface area (Å²) in [4.78, 5) is 0. The van der Waals surface area contributed by atoms with Crippen molar-refractivity contribution in [1.82, 2.24) is 0 Å². The second-order valence-corrected chi connectivity index (χ2v) is 7.89. The van der Waals surface area contributed by atoms with E-state index in [9.17, 15) is 0 Å².